The Hall–Kier alpha value is -1.60. The molecule has 0 radical (unpaired) electrons. The largest absolute Gasteiger partial charge is 0.316 e. The summed E-state index contributed by atoms with van der Waals surface area (Å²) >= 11 is 0. The predicted octanol–water partition coefficient (Wildman–Crippen LogP) is 4.33. The van der Waals surface area contributed by atoms with Crippen molar-refractivity contribution in [1.82, 2.24) is 5.32 Å². The second-order valence-corrected chi connectivity index (χ2v) is 5.13. The molecule has 0 atom stereocenters. The summed E-state index contributed by atoms with van der Waals surface area (Å²) in [5.74, 6) is 0. The van der Waals surface area contributed by atoms with E-state index in [4.69, 9.17) is 0 Å². The fourth-order valence-electron chi connectivity index (χ4n) is 2.50. The van der Waals surface area contributed by atoms with Crippen molar-refractivity contribution in [3.05, 3.63) is 59.2 Å². The maximum absolute atomic E-state index is 3.19. The first-order valence-electron chi connectivity index (χ1n) is 7.08. The van der Waals surface area contributed by atoms with Crippen LogP contribution in [0.1, 0.15) is 30.0 Å². The van der Waals surface area contributed by atoms with Crippen molar-refractivity contribution in [3.8, 4) is 11.1 Å². The molecule has 0 amide bonds. The molecule has 2 aromatic carbocycles. The lowest BCUT2D eigenvalue weighted by Gasteiger charge is -2.09. The highest BCUT2D eigenvalue weighted by Gasteiger charge is 2.03. The van der Waals surface area contributed by atoms with Crippen molar-refractivity contribution in [2.45, 2.75) is 33.2 Å². The van der Waals surface area contributed by atoms with Crippen molar-refractivity contribution in [2.75, 3.05) is 7.05 Å². The molecule has 0 saturated carbocycles. The summed E-state index contributed by atoms with van der Waals surface area (Å²) in [7, 11) is 1.98. The van der Waals surface area contributed by atoms with Crippen LogP contribution in [0.3, 0.4) is 0 Å². The molecule has 0 saturated heterocycles. The van der Waals surface area contributed by atoms with Crippen LogP contribution >= 0.6 is 0 Å². The van der Waals surface area contributed by atoms with E-state index in [1.54, 1.807) is 0 Å². The van der Waals surface area contributed by atoms with E-state index >= 15 is 0 Å². The molecule has 2 rings (SSSR count). The molecule has 19 heavy (non-hydrogen) atoms. The minimum Gasteiger partial charge on any atom is -0.316 e. The van der Waals surface area contributed by atoms with Crippen molar-refractivity contribution in [2.24, 2.45) is 0 Å². The van der Waals surface area contributed by atoms with Gasteiger partial charge in [-0.2, -0.15) is 0 Å². The van der Waals surface area contributed by atoms with Crippen LogP contribution in [0.5, 0.6) is 0 Å². The van der Waals surface area contributed by atoms with E-state index < -0.39 is 0 Å². The number of aryl methyl sites for hydroxylation is 2. The summed E-state index contributed by atoms with van der Waals surface area (Å²) in [4.78, 5) is 0. The van der Waals surface area contributed by atoms with Gasteiger partial charge in [-0.3, -0.25) is 0 Å². The molecule has 0 fully saturated rings. The van der Waals surface area contributed by atoms with Gasteiger partial charge >= 0.3 is 0 Å². The number of benzene rings is 2. The SMILES string of the molecule is CCCc1ccc(-c2ccc(CNC)cc2C)cc1. The van der Waals surface area contributed by atoms with Crippen LogP contribution in [0.4, 0.5) is 0 Å². The molecule has 0 aliphatic rings. The van der Waals surface area contributed by atoms with Crippen LogP contribution in [0, 0.1) is 6.92 Å². The van der Waals surface area contributed by atoms with E-state index in [9.17, 15) is 0 Å². The smallest absolute Gasteiger partial charge is 0.0202 e. The first-order chi connectivity index (χ1) is 9.24. The zero-order chi connectivity index (χ0) is 13.7. The lowest BCUT2D eigenvalue weighted by Crippen LogP contribution is -2.05. The van der Waals surface area contributed by atoms with Crippen LogP contribution < -0.4 is 5.32 Å². The van der Waals surface area contributed by atoms with E-state index in [0.29, 0.717) is 0 Å². The zero-order valence-electron chi connectivity index (χ0n) is 12.2. The van der Waals surface area contributed by atoms with Gasteiger partial charge < -0.3 is 5.32 Å². The minimum absolute atomic E-state index is 0.927. The third-order valence-electron chi connectivity index (χ3n) is 3.48. The Labute approximate surface area is 116 Å². The van der Waals surface area contributed by atoms with E-state index in [1.165, 1.54) is 40.7 Å². The molecule has 0 aliphatic heterocycles. The molecule has 0 heterocycles. The Morgan fingerprint density at radius 2 is 1.63 bits per heavy atom. The summed E-state index contributed by atoms with van der Waals surface area (Å²) in [6, 6.07) is 15.7. The molecule has 0 aromatic heterocycles. The molecular weight excluding hydrogens is 230 g/mol. The van der Waals surface area contributed by atoms with Gasteiger partial charge in [0.15, 0.2) is 0 Å². The average Bonchev–Trinajstić information content (AvgIpc) is 2.41. The lowest BCUT2D eigenvalue weighted by molar-refractivity contribution is 0.817. The Balaban J connectivity index is 2.25. The predicted molar refractivity (Wildman–Crippen MR) is 83.4 cm³/mol. The Morgan fingerprint density at radius 3 is 2.21 bits per heavy atom. The molecule has 0 aliphatic carbocycles. The molecular formula is C18H23N. The fraction of sp³-hybridized carbons (Fsp3) is 0.333. The maximum Gasteiger partial charge on any atom is 0.0202 e. The first-order valence-corrected chi connectivity index (χ1v) is 7.08. The molecule has 0 unspecified atom stereocenters. The molecule has 1 N–H and O–H groups in total. The number of hydrogen-bond donors (Lipinski definition) is 1. The molecule has 0 bridgehead atoms. The Bertz CT molecular complexity index is 526. The summed E-state index contributed by atoms with van der Waals surface area (Å²) in [5, 5.41) is 3.19. The Kier molecular flexibility index (Phi) is 4.75. The standard InChI is InChI=1S/C18H23N/c1-4-5-15-6-9-17(10-7-15)18-11-8-16(13-19-3)12-14(18)2/h6-12,19H,4-5,13H2,1-3H3. The van der Waals surface area contributed by atoms with Gasteiger partial charge in [-0.25, -0.2) is 0 Å². The molecule has 1 nitrogen and oxygen atoms in total. The highest BCUT2D eigenvalue weighted by molar-refractivity contribution is 5.67. The molecule has 100 valence electrons. The lowest BCUT2D eigenvalue weighted by atomic mass is 9.97. The second kappa shape index (κ2) is 6.53. The van der Waals surface area contributed by atoms with Gasteiger partial charge in [0.25, 0.3) is 0 Å². The van der Waals surface area contributed by atoms with Crippen LogP contribution in [0.15, 0.2) is 42.5 Å². The number of hydrogen-bond acceptors (Lipinski definition) is 1. The summed E-state index contributed by atoms with van der Waals surface area (Å²) < 4.78 is 0. The highest BCUT2D eigenvalue weighted by atomic mass is 14.8. The summed E-state index contributed by atoms with van der Waals surface area (Å²) in [6.07, 6.45) is 2.37. The van der Waals surface area contributed by atoms with Gasteiger partial charge in [-0.15, -0.1) is 0 Å². The monoisotopic (exact) mass is 253 g/mol. The second-order valence-electron chi connectivity index (χ2n) is 5.13. The molecule has 2 aromatic rings. The highest BCUT2D eigenvalue weighted by Crippen LogP contribution is 2.25. The third-order valence-corrected chi connectivity index (χ3v) is 3.48. The van der Waals surface area contributed by atoms with Crippen LogP contribution in [-0.4, -0.2) is 7.05 Å². The van der Waals surface area contributed by atoms with E-state index in [0.717, 1.165) is 6.54 Å². The zero-order valence-corrected chi connectivity index (χ0v) is 12.2. The van der Waals surface area contributed by atoms with Gasteiger partial charge in [-0.1, -0.05) is 55.8 Å². The van der Waals surface area contributed by atoms with Gasteiger partial charge in [0.1, 0.15) is 0 Å². The van der Waals surface area contributed by atoms with E-state index in [-0.39, 0.29) is 0 Å². The van der Waals surface area contributed by atoms with Gasteiger partial charge in [0.2, 0.25) is 0 Å². The maximum atomic E-state index is 3.19. The van der Waals surface area contributed by atoms with Crippen LogP contribution in [0.25, 0.3) is 11.1 Å². The van der Waals surface area contributed by atoms with E-state index in [1.807, 2.05) is 7.05 Å². The first kappa shape index (κ1) is 13.8. The van der Waals surface area contributed by atoms with E-state index in [2.05, 4.69) is 61.6 Å². The van der Waals surface area contributed by atoms with Crippen molar-refractivity contribution in [3.63, 3.8) is 0 Å². The van der Waals surface area contributed by atoms with Gasteiger partial charge in [-0.05, 0) is 48.2 Å². The van der Waals surface area contributed by atoms with Crippen molar-refractivity contribution >= 4 is 0 Å². The van der Waals surface area contributed by atoms with Crippen molar-refractivity contribution in [1.29, 1.82) is 0 Å². The third kappa shape index (κ3) is 3.45. The fourth-order valence-corrected chi connectivity index (χ4v) is 2.50. The van der Waals surface area contributed by atoms with Crippen LogP contribution in [0.2, 0.25) is 0 Å². The van der Waals surface area contributed by atoms with Crippen LogP contribution in [-0.2, 0) is 13.0 Å². The average molecular weight is 253 g/mol. The van der Waals surface area contributed by atoms with Gasteiger partial charge in [0.05, 0.1) is 0 Å². The summed E-state index contributed by atoms with van der Waals surface area (Å²) in [5.41, 5.74) is 6.76. The van der Waals surface area contributed by atoms with Crippen molar-refractivity contribution < 1.29 is 0 Å². The number of nitrogens with one attached hydrogen (secondary N) is 1. The molecule has 1 heteroatoms. The Morgan fingerprint density at radius 1 is 0.947 bits per heavy atom. The quantitative estimate of drug-likeness (QED) is 0.836. The topological polar surface area (TPSA) is 12.0 Å². The normalized spacial score (nSPS) is 10.7. The number of rotatable bonds is 5. The molecule has 0 spiro atoms. The minimum atomic E-state index is 0.927. The van der Waals surface area contributed by atoms with Gasteiger partial charge in [0, 0.05) is 6.54 Å². The summed E-state index contributed by atoms with van der Waals surface area (Å²) in [6.45, 7) is 5.34.